The predicted octanol–water partition coefficient (Wildman–Crippen LogP) is 3.52. The van der Waals surface area contributed by atoms with Crippen LogP contribution in [0.5, 0.6) is 0 Å². The number of aryl methyl sites for hydroxylation is 1. The number of anilines is 1. The number of halogens is 1. The van der Waals surface area contributed by atoms with Crippen LogP contribution in [0.2, 0.25) is 0 Å². The standard InChI is InChI=1S/C17H17BrN2O2/c1-12-4-2-3-5-15(12)20-16(21)10-11-19-17(22)13-6-8-14(18)9-7-13/h2-9H,10-11H2,1H3,(H,19,22)(H,20,21). The molecule has 114 valence electrons. The fraction of sp³-hybridized carbons (Fsp3) is 0.176. The summed E-state index contributed by atoms with van der Waals surface area (Å²) in [6.45, 7) is 2.23. The third kappa shape index (κ3) is 4.70. The van der Waals surface area contributed by atoms with E-state index in [0.717, 1.165) is 15.7 Å². The van der Waals surface area contributed by atoms with Gasteiger partial charge in [-0.05, 0) is 42.8 Å². The Balaban J connectivity index is 1.78. The molecule has 0 heterocycles. The van der Waals surface area contributed by atoms with Gasteiger partial charge in [0, 0.05) is 28.7 Å². The molecule has 0 saturated carbocycles. The van der Waals surface area contributed by atoms with Gasteiger partial charge in [0.25, 0.3) is 5.91 Å². The average Bonchev–Trinajstić information content (AvgIpc) is 2.50. The predicted molar refractivity (Wildman–Crippen MR) is 90.9 cm³/mol. The molecule has 0 radical (unpaired) electrons. The van der Waals surface area contributed by atoms with Crippen LogP contribution < -0.4 is 10.6 Å². The van der Waals surface area contributed by atoms with Crippen LogP contribution in [0.25, 0.3) is 0 Å². The largest absolute Gasteiger partial charge is 0.352 e. The highest BCUT2D eigenvalue weighted by Gasteiger charge is 2.07. The summed E-state index contributed by atoms with van der Waals surface area (Å²) in [6.07, 6.45) is 0.233. The zero-order valence-corrected chi connectivity index (χ0v) is 13.8. The van der Waals surface area contributed by atoms with E-state index in [9.17, 15) is 9.59 Å². The van der Waals surface area contributed by atoms with Gasteiger partial charge in [-0.15, -0.1) is 0 Å². The van der Waals surface area contributed by atoms with E-state index in [0.29, 0.717) is 12.1 Å². The van der Waals surface area contributed by atoms with Crippen LogP contribution in [-0.2, 0) is 4.79 Å². The number of rotatable bonds is 5. The fourth-order valence-electron chi connectivity index (χ4n) is 1.92. The molecule has 5 heteroatoms. The average molecular weight is 361 g/mol. The van der Waals surface area contributed by atoms with Gasteiger partial charge < -0.3 is 10.6 Å². The van der Waals surface area contributed by atoms with Gasteiger partial charge in [-0.2, -0.15) is 0 Å². The Labute approximate surface area is 138 Å². The molecule has 0 spiro atoms. The molecule has 0 aliphatic rings. The van der Waals surface area contributed by atoms with E-state index < -0.39 is 0 Å². The van der Waals surface area contributed by atoms with Crippen LogP contribution in [0.4, 0.5) is 5.69 Å². The van der Waals surface area contributed by atoms with Gasteiger partial charge in [0.2, 0.25) is 5.91 Å². The molecular formula is C17H17BrN2O2. The van der Waals surface area contributed by atoms with Crippen molar-refractivity contribution in [3.8, 4) is 0 Å². The third-order valence-electron chi connectivity index (χ3n) is 3.16. The van der Waals surface area contributed by atoms with Crippen LogP contribution in [0.3, 0.4) is 0 Å². The molecule has 0 saturated heterocycles. The molecule has 0 aromatic heterocycles. The van der Waals surface area contributed by atoms with Crippen molar-refractivity contribution in [1.29, 1.82) is 0 Å². The first kappa shape index (κ1) is 16.2. The van der Waals surface area contributed by atoms with Crippen molar-refractivity contribution in [1.82, 2.24) is 5.32 Å². The Morgan fingerprint density at radius 3 is 2.41 bits per heavy atom. The molecule has 2 rings (SSSR count). The summed E-state index contributed by atoms with van der Waals surface area (Å²) in [7, 11) is 0. The summed E-state index contributed by atoms with van der Waals surface area (Å²) in [4.78, 5) is 23.8. The molecule has 2 aromatic carbocycles. The molecule has 2 amide bonds. The first-order valence-corrected chi connectivity index (χ1v) is 7.75. The highest BCUT2D eigenvalue weighted by atomic mass is 79.9. The lowest BCUT2D eigenvalue weighted by Crippen LogP contribution is -2.27. The Kier molecular flexibility index (Phi) is 5.72. The number of hydrogen-bond donors (Lipinski definition) is 2. The fourth-order valence-corrected chi connectivity index (χ4v) is 2.18. The smallest absolute Gasteiger partial charge is 0.251 e. The minimum Gasteiger partial charge on any atom is -0.352 e. The first-order valence-electron chi connectivity index (χ1n) is 6.95. The molecule has 22 heavy (non-hydrogen) atoms. The molecule has 0 unspecified atom stereocenters. The van der Waals surface area contributed by atoms with E-state index in [4.69, 9.17) is 0 Å². The number of carbonyl (C=O) groups is 2. The Morgan fingerprint density at radius 2 is 1.73 bits per heavy atom. The molecule has 0 atom stereocenters. The maximum absolute atomic E-state index is 11.9. The Hall–Kier alpha value is -2.14. The third-order valence-corrected chi connectivity index (χ3v) is 3.69. The lowest BCUT2D eigenvalue weighted by Gasteiger charge is -2.09. The molecule has 0 aliphatic carbocycles. The lowest BCUT2D eigenvalue weighted by molar-refractivity contribution is -0.116. The van der Waals surface area contributed by atoms with E-state index in [-0.39, 0.29) is 18.2 Å². The van der Waals surface area contributed by atoms with Gasteiger partial charge >= 0.3 is 0 Å². The summed E-state index contributed by atoms with van der Waals surface area (Å²) in [5.74, 6) is -0.304. The van der Waals surface area contributed by atoms with Crippen molar-refractivity contribution < 1.29 is 9.59 Å². The van der Waals surface area contributed by atoms with Crippen LogP contribution in [0.1, 0.15) is 22.3 Å². The van der Waals surface area contributed by atoms with Crippen LogP contribution in [-0.4, -0.2) is 18.4 Å². The van der Waals surface area contributed by atoms with Gasteiger partial charge in [-0.1, -0.05) is 34.1 Å². The molecule has 4 nitrogen and oxygen atoms in total. The second-order valence-electron chi connectivity index (χ2n) is 4.88. The van der Waals surface area contributed by atoms with Gasteiger partial charge in [0.1, 0.15) is 0 Å². The number of carbonyl (C=O) groups excluding carboxylic acids is 2. The quantitative estimate of drug-likeness (QED) is 0.856. The molecule has 0 bridgehead atoms. The van der Waals surface area contributed by atoms with Crippen molar-refractivity contribution >= 4 is 33.4 Å². The number of nitrogens with one attached hydrogen (secondary N) is 2. The van der Waals surface area contributed by atoms with E-state index in [2.05, 4.69) is 26.6 Å². The van der Waals surface area contributed by atoms with E-state index in [1.54, 1.807) is 24.3 Å². The van der Waals surface area contributed by atoms with Crippen LogP contribution in [0, 0.1) is 6.92 Å². The molecular weight excluding hydrogens is 344 g/mol. The van der Waals surface area contributed by atoms with Gasteiger partial charge in [-0.3, -0.25) is 9.59 Å². The highest BCUT2D eigenvalue weighted by molar-refractivity contribution is 9.10. The number of hydrogen-bond acceptors (Lipinski definition) is 2. The van der Waals surface area contributed by atoms with Gasteiger partial charge in [0.15, 0.2) is 0 Å². The molecule has 0 fully saturated rings. The van der Waals surface area contributed by atoms with Crippen molar-refractivity contribution in [3.05, 3.63) is 64.1 Å². The normalized spacial score (nSPS) is 10.1. The molecule has 2 aromatic rings. The summed E-state index contributed by atoms with van der Waals surface area (Å²) in [6, 6.07) is 14.7. The summed E-state index contributed by atoms with van der Waals surface area (Å²) < 4.78 is 0.918. The summed E-state index contributed by atoms with van der Waals surface area (Å²) >= 11 is 3.32. The Morgan fingerprint density at radius 1 is 1.05 bits per heavy atom. The highest BCUT2D eigenvalue weighted by Crippen LogP contribution is 2.13. The van der Waals surface area contributed by atoms with Gasteiger partial charge in [-0.25, -0.2) is 0 Å². The van der Waals surface area contributed by atoms with Crippen molar-refractivity contribution in [2.75, 3.05) is 11.9 Å². The minimum absolute atomic E-state index is 0.120. The summed E-state index contributed by atoms with van der Waals surface area (Å²) in [5, 5.41) is 5.57. The molecule has 2 N–H and O–H groups in total. The zero-order chi connectivity index (χ0) is 15.9. The van der Waals surface area contributed by atoms with E-state index in [1.807, 2.05) is 31.2 Å². The second-order valence-corrected chi connectivity index (χ2v) is 5.79. The summed E-state index contributed by atoms with van der Waals surface area (Å²) in [5.41, 5.74) is 2.38. The number of benzene rings is 2. The maximum Gasteiger partial charge on any atom is 0.251 e. The van der Waals surface area contributed by atoms with Crippen LogP contribution in [0.15, 0.2) is 53.0 Å². The van der Waals surface area contributed by atoms with Gasteiger partial charge in [0.05, 0.1) is 0 Å². The monoisotopic (exact) mass is 360 g/mol. The Bertz CT molecular complexity index is 669. The number of para-hydroxylation sites is 1. The van der Waals surface area contributed by atoms with Crippen molar-refractivity contribution in [2.45, 2.75) is 13.3 Å². The second kappa shape index (κ2) is 7.75. The topological polar surface area (TPSA) is 58.2 Å². The maximum atomic E-state index is 11.9. The van der Waals surface area contributed by atoms with Crippen molar-refractivity contribution in [3.63, 3.8) is 0 Å². The van der Waals surface area contributed by atoms with Crippen LogP contribution >= 0.6 is 15.9 Å². The van der Waals surface area contributed by atoms with E-state index in [1.165, 1.54) is 0 Å². The van der Waals surface area contributed by atoms with Crippen molar-refractivity contribution in [2.24, 2.45) is 0 Å². The number of amides is 2. The zero-order valence-electron chi connectivity index (χ0n) is 12.2. The lowest BCUT2D eigenvalue weighted by atomic mass is 10.2. The molecule has 0 aliphatic heterocycles. The first-order chi connectivity index (χ1) is 10.6. The minimum atomic E-state index is -0.184. The SMILES string of the molecule is Cc1ccccc1NC(=O)CCNC(=O)c1ccc(Br)cc1. The van der Waals surface area contributed by atoms with E-state index >= 15 is 0 Å².